The highest BCUT2D eigenvalue weighted by Crippen LogP contribution is 2.30. The van der Waals surface area contributed by atoms with E-state index in [1.165, 1.54) is 6.07 Å². The summed E-state index contributed by atoms with van der Waals surface area (Å²) in [5.74, 6) is 0.673. The fourth-order valence-electron chi connectivity index (χ4n) is 1.92. The zero-order valence-corrected chi connectivity index (χ0v) is 13.6. The van der Waals surface area contributed by atoms with Crippen LogP contribution < -0.4 is 4.74 Å². The van der Waals surface area contributed by atoms with Gasteiger partial charge >= 0.3 is 0 Å². The summed E-state index contributed by atoms with van der Waals surface area (Å²) in [7, 11) is 0. The van der Waals surface area contributed by atoms with Crippen LogP contribution in [0, 0.1) is 5.82 Å². The van der Waals surface area contributed by atoms with Gasteiger partial charge in [0, 0.05) is 10.0 Å². The lowest BCUT2D eigenvalue weighted by molar-refractivity contribution is 0.295. The van der Waals surface area contributed by atoms with Crippen LogP contribution >= 0.6 is 27.5 Å². The highest BCUT2D eigenvalue weighted by molar-refractivity contribution is 9.10. The molecule has 2 aromatic carbocycles. The van der Waals surface area contributed by atoms with Crippen molar-refractivity contribution >= 4 is 27.5 Å². The van der Waals surface area contributed by atoms with Gasteiger partial charge in [-0.1, -0.05) is 53.5 Å². The molecule has 0 radical (unpaired) electrons. The van der Waals surface area contributed by atoms with E-state index in [1.54, 1.807) is 12.1 Å². The fourth-order valence-corrected chi connectivity index (χ4v) is 2.49. The number of benzene rings is 2. The molecule has 1 nitrogen and oxygen atoms in total. The molecule has 2 rings (SSSR count). The normalized spacial score (nSPS) is 10.9. The molecule has 0 spiro atoms. The van der Waals surface area contributed by atoms with Crippen molar-refractivity contribution < 1.29 is 9.13 Å². The molecular formula is C16H15BrClFO. The lowest BCUT2D eigenvalue weighted by Gasteiger charge is -2.15. The van der Waals surface area contributed by atoms with Gasteiger partial charge in [0.2, 0.25) is 0 Å². The first-order valence-corrected chi connectivity index (χ1v) is 7.51. The first-order valence-electron chi connectivity index (χ1n) is 6.34. The van der Waals surface area contributed by atoms with Gasteiger partial charge in [0.1, 0.15) is 18.2 Å². The van der Waals surface area contributed by atoms with Gasteiger partial charge < -0.3 is 4.74 Å². The van der Waals surface area contributed by atoms with Gasteiger partial charge in [-0.25, -0.2) is 4.39 Å². The van der Waals surface area contributed by atoms with Gasteiger partial charge in [-0.15, -0.1) is 0 Å². The van der Waals surface area contributed by atoms with E-state index >= 15 is 0 Å². The Morgan fingerprint density at radius 1 is 1.25 bits per heavy atom. The Balaban J connectivity index is 2.21. The van der Waals surface area contributed by atoms with Crippen molar-refractivity contribution in [1.29, 1.82) is 0 Å². The molecule has 0 saturated heterocycles. The number of ether oxygens (including phenoxy) is 1. The molecule has 0 bridgehead atoms. The number of hydrogen-bond acceptors (Lipinski definition) is 1. The van der Waals surface area contributed by atoms with Crippen LogP contribution in [0.3, 0.4) is 0 Å². The lowest BCUT2D eigenvalue weighted by atomic mass is 10.0. The second kappa shape index (κ2) is 6.59. The molecule has 0 amide bonds. The average Bonchev–Trinajstić information content (AvgIpc) is 2.41. The summed E-state index contributed by atoms with van der Waals surface area (Å²) in [6, 6.07) is 10.7. The molecule has 0 fully saturated rings. The first-order chi connectivity index (χ1) is 9.49. The molecule has 2 aromatic rings. The smallest absolute Gasteiger partial charge is 0.148 e. The van der Waals surface area contributed by atoms with Crippen molar-refractivity contribution in [2.75, 3.05) is 0 Å². The maximum Gasteiger partial charge on any atom is 0.148 e. The van der Waals surface area contributed by atoms with E-state index in [1.807, 2.05) is 18.2 Å². The Kier molecular flexibility index (Phi) is 5.06. The molecule has 0 aliphatic heterocycles. The monoisotopic (exact) mass is 356 g/mol. The molecular weight excluding hydrogens is 343 g/mol. The van der Waals surface area contributed by atoms with Crippen LogP contribution in [0.4, 0.5) is 4.39 Å². The standard InChI is InChI=1S/C16H15BrClFO/c1-10(2)13-8-12(17)6-7-15(13)20-9-11-4-3-5-14(18)16(11)19/h3-8,10H,9H2,1-2H3. The van der Waals surface area contributed by atoms with Gasteiger partial charge in [-0.05, 0) is 35.7 Å². The van der Waals surface area contributed by atoms with Crippen molar-refractivity contribution in [2.24, 2.45) is 0 Å². The van der Waals surface area contributed by atoms with Crippen LogP contribution in [0.25, 0.3) is 0 Å². The van der Waals surface area contributed by atoms with Crippen LogP contribution in [-0.2, 0) is 6.61 Å². The maximum atomic E-state index is 13.8. The molecule has 106 valence electrons. The van der Waals surface area contributed by atoms with Crippen LogP contribution in [0.2, 0.25) is 5.02 Å². The van der Waals surface area contributed by atoms with Gasteiger partial charge in [-0.2, -0.15) is 0 Å². The molecule has 0 unspecified atom stereocenters. The van der Waals surface area contributed by atoms with Crippen LogP contribution in [0.1, 0.15) is 30.9 Å². The SMILES string of the molecule is CC(C)c1cc(Br)ccc1OCc1cccc(Cl)c1F. The molecule has 4 heteroatoms. The Morgan fingerprint density at radius 3 is 2.70 bits per heavy atom. The Bertz CT molecular complexity index is 613. The summed E-state index contributed by atoms with van der Waals surface area (Å²) in [6.45, 7) is 4.34. The number of hydrogen-bond donors (Lipinski definition) is 0. The molecule has 0 saturated carbocycles. The van der Waals surface area contributed by atoms with Gasteiger partial charge in [0.15, 0.2) is 0 Å². The van der Waals surface area contributed by atoms with E-state index in [4.69, 9.17) is 16.3 Å². The third-order valence-electron chi connectivity index (χ3n) is 3.01. The average molecular weight is 358 g/mol. The summed E-state index contributed by atoms with van der Waals surface area (Å²) in [6.07, 6.45) is 0. The molecule has 20 heavy (non-hydrogen) atoms. The molecule has 0 aliphatic carbocycles. The minimum absolute atomic E-state index is 0.117. The lowest BCUT2D eigenvalue weighted by Crippen LogP contribution is -2.02. The Morgan fingerprint density at radius 2 is 2.00 bits per heavy atom. The molecule has 0 heterocycles. The summed E-state index contributed by atoms with van der Waals surface area (Å²) < 4.78 is 20.6. The van der Waals surface area contributed by atoms with E-state index in [0.29, 0.717) is 11.5 Å². The van der Waals surface area contributed by atoms with E-state index in [9.17, 15) is 4.39 Å². The number of halogens is 3. The second-order valence-corrected chi connectivity index (χ2v) is 6.16. The highest BCUT2D eigenvalue weighted by atomic mass is 79.9. The summed E-state index contributed by atoms with van der Waals surface area (Å²) in [5.41, 5.74) is 1.54. The number of rotatable bonds is 4. The highest BCUT2D eigenvalue weighted by Gasteiger charge is 2.11. The molecule has 0 atom stereocenters. The second-order valence-electron chi connectivity index (χ2n) is 4.84. The largest absolute Gasteiger partial charge is 0.489 e. The van der Waals surface area contributed by atoms with Crippen molar-refractivity contribution in [3.63, 3.8) is 0 Å². The third-order valence-corrected chi connectivity index (χ3v) is 3.79. The van der Waals surface area contributed by atoms with Crippen molar-refractivity contribution in [2.45, 2.75) is 26.4 Å². The minimum atomic E-state index is -0.419. The topological polar surface area (TPSA) is 9.23 Å². The van der Waals surface area contributed by atoms with E-state index in [2.05, 4.69) is 29.8 Å². The van der Waals surface area contributed by atoms with E-state index in [-0.39, 0.29) is 11.6 Å². The molecule has 0 aliphatic rings. The van der Waals surface area contributed by atoms with Crippen molar-refractivity contribution in [1.82, 2.24) is 0 Å². The predicted molar refractivity (Wildman–Crippen MR) is 84.0 cm³/mol. The Hall–Kier alpha value is -1.06. The minimum Gasteiger partial charge on any atom is -0.489 e. The van der Waals surface area contributed by atoms with Gasteiger partial charge in [0.05, 0.1) is 5.02 Å². The summed E-state index contributed by atoms with van der Waals surface area (Å²) in [5, 5.41) is 0.117. The zero-order chi connectivity index (χ0) is 14.7. The fraction of sp³-hybridized carbons (Fsp3) is 0.250. The quantitative estimate of drug-likeness (QED) is 0.657. The van der Waals surface area contributed by atoms with E-state index < -0.39 is 5.82 Å². The molecule has 0 N–H and O–H groups in total. The van der Waals surface area contributed by atoms with Gasteiger partial charge in [-0.3, -0.25) is 0 Å². The summed E-state index contributed by atoms with van der Waals surface area (Å²) in [4.78, 5) is 0. The van der Waals surface area contributed by atoms with E-state index in [0.717, 1.165) is 15.8 Å². The predicted octanol–water partition coefficient (Wildman–Crippen LogP) is 5.94. The maximum absolute atomic E-state index is 13.8. The third kappa shape index (κ3) is 3.53. The van der Waals surface area contributed by atoms with Crippen LogP contribution in [-0.4, -0.2) is 0 Å². The zero-order valence-electron chi connectivity index (χ0n) is 11.3. The van der Waals surface area contributed by atoms with Crippen LogP contribution in [0.15, 0.2) is 40.9 Å². The van der Waals surface area contributed by atoms with Crippen LogP contribution in [0.5, 0.6) is 5.75 Å². The van der Waals surface area contributed by atoms with Crippen molar-refractivity contribution in [3.05, 3.63) is 62.8 Å². The summed E-state index contributed by atoms with van der Waals surface area (Å²) >= 11 is 9.21. The molecule has 0 aromatic heterocycles. The first kappa shape index (κ1) is 15.3. The Labute approximate surface area is 131 Å². The van der Waals surface area contributed by atoms with Crippen molar-refractivity contribution in [3.8, 4) is 5.75 Å². The van der Waals surface area contributed by atoms with Gasteiger partial charge in [0.25, 0.3) is 0 Å².